The lowest BCUT2D eigenvalue weighted by Crippen LogP contribution is -2.41. The molecule has 0 saturated carbocycles. The number of piperidine rings is 1. The Kier molecular flexibility index (Phi) is 7.14. The Balaban J connectivity index is 1.43. The molecule has 0 spiro atoms. The largest absolute Gasteiger partial charge is 0.573 e. The molecule has 1 aliphatic rings. The van der Waals surface area contributed by atoms with Gasteiger partial charge in [0, 0.05) is 30.6 Å². The second-order valence-corrected chi connectivity index (χ2v) is 10.8. The van der Waals surface area contributed by atoms with Gasteiger partial charge in [-0.25, -0.2) is 9.31 Å². The molecule has 1 saturated heterocycles. The van der Waals surface area contributed by atoms with Crippen LogP contribution in [0.25, 0.3) is 16.6 Å². The van der Waals surface area contributed by atoms with Crippen LogP contribution in [0, 0.1) is 0 Å². The molecule has 13 heteroatoms. The van der Waals surface area contributed by atoms with Crippen LogP contribution in [0.2, 0.25) is 0 Å². The van der Waals surface area contributed by atoms with Crippen LogP contribution >= 0.6 is 0 Å². The number of halogens is 3. The summed E-state index contributed by atoms with van der Waals surface area (Å²) in [6.45, 7) is 6.33. The SMILES string of the molecule is CC(C)(C)OC(=O)N1CCC(c2cc(=O)[nH]c3c4c(NC(=O)c5cccc(OC(F)(F)F)c5)cccc4nn23)CC1. The van der Waals surface area contributed by atoms with Crippen LogP contribution in [0.4, 0.5) is 23.7 Å². The maximum atomic E-state index is 13.0. The second-order valence-electron chi connectivity index (χ2n) is 10.8. The maximum Gasteiger partial charge on any atom is 0.573 e. The number of nitrogens with one attached hydrogen (secondary N) is 2. The quantitative estimate of drug-likeness (QED) is 0.337. The molecule has 3 heterocycles. The van der Waals surface area contributed by atoms with Gasteiger partial charge in [-0.2, -0.15) is 5.10 Å². The van der Waals surface area contributed by atoms with Gasteiger partial charge in [0.1, 0.15) is 17.0 Å². The van der Waals surface area contributed by atoms with Crippen LogP contribution in [0.1, 0.15) is 55.6 Å². The number of hydrogen-bond acceptors (Lipinski definition) is 6. The van der Waals surface area contributed by atoms with Crippen LogP contribution in [0.15, 0.2) is 53.3 Å². The fraction of sp³-hybridized carbons (Fsp3) is 0.357. The van der Waals surface area contributed by atoms with Gasteiger partial charge in [0.2, 0.25) is 0 Å². The first kappa shape index (κ1) is 28.0. The van der Waals surface area contributed by atoms with Gasteiger partial charge in [-0.3, -0.25) is 9.59 Å². The van der Waals surface area contributed by atoms with E-state index in [0.29, 0.717) is 53.9 Å². The molecule has 216 valence electrons. The van der Waals surface area contributed by atoms with Crippen molar-refractivity contribution in [1.82, 2.24) is 19.5 Å². The Labute approximate surface area is 232 Å². The summed E-state index contributed by atoms with van der Waals surface area (Å²) < 4.78 is 48.9. The molecule has 0 atom stereocenters. The van der Waals surface area contributed by atoms with E-state index >= 15 is 0 Å². The molecule has 2 N–H and O–H groups in total. The van der Waals surface area contributed by atoms with Crippen molar-refractivity contribution in [2.45, 2.75) is 51.5 Å². The van der Waals surface area contributed by atoms with Crippen LogP contribution in [-0.2, 0) is 4.74 Å². The maximum absolute atomic E-state index is 13.0. The highest BCUT2D eigenvalue weighted by Crippen LogP contribution is 2.32. The molecule has 0 bridgehead atoms. The predicted octanol–water partition coefficient (Wildman–Crippen LogP) is 5.44. The number of fused-ring (bicyclic) bond motifs is 3. The molecular formula is C28H28F3N5O5. The number of anilines is 1. The minimum atomic E-state index is -4.90. The third-order valence-electron chi connectivity index (χ3n) is 6.61. The van der Waals surface area contributed by atoms with Gasteiger partial charge in [-0.1, -0.05) is 12.1 Å². The number of benzene rings is 2. The number of H-pyrrole nitrogens is 1. The van der Waals surface area contributed by atoms with E-state index < -0.39 is 23.6 Å². The van der Waals surface area contributed by atoms with Crippen molar-refractivity contribution in [3.63, 3.8) is 0 Å². The van der Waals surface area contributed by atoms with Gasteiger partial charge in [-0.05, 0) is 63.9 Å². The minimum absolute atomic E-state index is 0.0499. The Morgan fingerprint density at radius 1 is 1.05 bits per heavy atom. The first-order valence-electron chi connectivity index (χ1n) is 13.0. The van der Waals surface area contributed by atoms with Crippen molar-refractivity contribution in [2.24, 2.45) is 0 Å². The van der Waals surface area contributed by atoms with E-state index in [9.17, 15) is 27.6 Å². The van der Waals surface area contributed by atoms with Gasteiger partial charge in [0.25, 0.3) is 11.5 Å². The molecule has 1 fully saturated rings. The summed E-state index contributed by atoms with van der Waals surface area (Å²) in [6, 6.07) is 11.2. The molecule has 0 radical (unpaired) electrons. The first-order valence-corrected chi connectivity index (χ1v) is 13.0. The number of aromatic amines is 1. The minimum Gasteiger partial charge on any atom is -0.444 e. The average Bonchev–Trinajstić information content (AvgIpc) is 3.26. The molecule has 0 aliphatic carbocycles. The summed E-state index contributed by atoms with van der Waals surface area (Å²) >= 11 is 0. The number of hydrogen-bond donors (Lipinski definition) is 2. The molecule has 2 aromatic heterocycles. The Hall–Kier alpha value is -4.55. The highest BCUT2D eigenvalue weighted by molar-refractivity contribution is 6.12. The topological polar surface area (TPSA) is 118 Å². The van der Waals surface area contributed by atoms with Gasteiger partial charge in [-0.15, -0.1) is 13.2 Å². The number of carbonyl (C=O) groups excluding carboxylic acids is 2. The third kappa shape index (κ3) is 6.28. The number of nitrogens with zero attached hydrogens (tertiary/aromatic N) is 3. The molecule has 4 aromatic rings. The molecule has 0 unspecified atom stereocenters. The number of likely N-dealkylation sites (tertiary alicyclic amines) is 1. The van der Waals surface area contributed by atoms with E-state index in [0.717, 1.165) is 12.1 Å². The number of amides is 2. The second kappa shape index (κ2) is 10.5. The molecular weight excluding hydrogens is 543 g/mol. The lowest BCUT2D eigenvalue weighted by molar-refractivity contribution is -0.274. The Bertz CT molecular complexity index is 1680. The van der Waals surface area contributed by atoms with Crippen molar-refractivity contribution >= 4 is 34.2 Å². The van der Waals surface area contributed by atoms with Crippen LogP contribution in [0.5, 0.6) is 5.75 Å². The monoisotopic (exact) mass is 571 g/mol. The Morgan fingerprint density at radius 3 is 2.44 bits per heavy atom. The average molecular weight is 572 g/mol. The summed E-state index contributed by atoms with van der Waals surface area (Å²) in [4.78, 5) is 42.7. The molecule has 2 amide bonds. The van der Waals surface area contributed by atoms with Crippen LogP contribution in [0.3, 0.4) is 0 Å². The smallest absolute Gasteiger partial charge is 0.444 e. The molecule has 2 aromatic carbocycles. The standard InChI is InChI=1S/C28H28F3N5O5/c1-27(2,3)41-26(39)35-12-10-16(11-13-35)21-15-22(37)33-24-23-19(8-5-9-20(23)34-36(21)24)32-25(38)17-6-4-7-18(14-17)40-28(29,30)31/h4-9,14-16H,10-13H2,1-3H3,(H,32,38)(H,33,37). The summed E-state index contributed by atoms with van der Waals surface area (Å²) in [5.41, 5.74) is 0.825. The van der Waals surface area contributed by atoms with Crippen LogP contribution < -0.4 is 15.6 Å². The van der Waals surface area contributed by atoms with Crippen LogP contribution in [-0.4, -0.2) is 56.6 Å². The molecule has 10 nitrogen and oxygen atoms in total. The summed E-state index contributed by atoms with van der Waals surface area (Å²) in [5, 5.41) is 7.86. The summed E-state index contributed by atoms with van der Waals surface area (Å²) in [7, 11) is 0. The number of aromatic nitrogens is 3. The first-order chi connectivity index (χ1) is 19.3. The van der Waals surface area contributed by atoms with Gasteiger partial charge >= 0.3 is 12.5 Å². The zero-order chi connectivity index (χ0) is 29.5. The Morgan fingerprint density at radius 2 is 1.76 bits per heavy atom. The zero-order valence-corrected chi connectivity index (χ0v) is 22.5. The van der Waals surface area contributed by atoms with Crippen molar-refractivity contribution in [1.29, 1.82) is 0 Å². The van der Waals surface area contributed by atoms with E-state index in [1.807, 2.05) is 20.8 Å². The van der Waals surface area contributed by atoms with E-state index in [-0.39, 0.29) is 23.1 Å². The fourth-order valence-electron chi connectivity index (χ4n) is 4.89. The van der Waals surface area contributed by atoms with E-state index in [1.165, 1.54) is 18.2 Å². The highest BCUT2D eigenvalue weighted by Gasteiger charge is 2.32. The highest BCUT2D eigenvalue weighted by atomic mass is 19.4. The number of carbonyl (C=O) groups is 2. The molecule has 41 heavy (non-hydrogen) atoms. The normalized spacial score (nSPS) is 14.8. The van der Waals surface area contributed by atoms with Crippen molar-refractivity contribution < 1.29 is 32.2 Å². The third-order valence-corrected chi connectivity index (χ3v) is 6.61. The van der Waals surface area contributed by atoms with E-state index in [2.05, 4.69) is 20.1 Å². The fourth-order valence-corrected chi connectivity index (χ4v) is 4.89. The lowest BCUT2D eigenvalue weighted by atomic mass is 9.93. The summed E-state index contributed by atoms with van der Waals surface area (Å²) in [6.07, 6.45) is -4.09. The van der Waals surface area contributed by atoms with Gasteiger partial charge < -0.3 is 24.7 Å². The molecule has 1 aliphatic heterocycles. The van der Waals surface area contributed by atoms with Gasteiger partial charge in [0.15, 0.2) is 0 Å². The van der Waals surface area contributed by atoms with Crippen molar-refractivity contribution in [3.05, 3.63) is 70.1 Å². The lowest BCUT2D eigenvalue weighted by Gasteiger charge is -2.33. The van der Waals surface area contributed by atoms with Crippen molar-refractivity contribution in [2.75, 3.05) is 18.4 Å². The van der Waals surface area contributed by atoms with E-state index in [1.54, 1.807) is 27.6 Å². The van der Waals surface area contributed by atoms with E-state index in [4.69, 9.17) is 4.74 Å². The number of alkyl halides is 3. The number of rotatable bonds is 4. The van der Waals surface area contributed by atoms with Gasteiger partial charge in [0.05, 0.1) is 22.3 Å². The number of ether oxygens (including phenoxy) is 2. The summed E-state index contributed by atoms with van der Waals surface area (Å²) in [5.74, 6) is -1.26. The van der Waals surface area contributed by atoms with Crippen molar-refractivity contribution in [3.8, 4) is 5.75 Å². The zero-order valence-electron chi connectivity index (χ0n) is 22.5. The molecule has 5 rings (SSSR count). The predicted molar refractivity (Wildman–Crippen MR) is 144 cm³/mol.